The maximum atomic E-state index is 13.0. The van der Waals surface area contributed by atoms with E-state index in [9.17, 15) is 4.79 Å². The highest BCUT2D eigenvalue weighted by atomic mass is 35.5. The number of nitrogens with two attached hydrogens (primary N) is 1. The van der Waals surface area contributed by atoms with E-state index < -0.39 is 0 Å². The van der Waals surface area contributed by atoms with Gasteiger partial charge in [0.15, 0.2) is 5.78 Å². The Hall–Kier alpha value is -5.51. The van der Waals surface area contributed by atoms with Crippen LogP contribution in [0.3, 0.4) is 0 Å². The third kappa shape index (κ3) is 7.50. The van der Waals surface area contributed by atoms with E-state index in [1.54, 1.807) is 37.0 Å². The average molecular weight is 722 g/mol. The van der Waals surface area contributed by atoms with E-state index in [-0.39, 0.29) is 17.9 Å². The van der Waals surface area contributed by atoms with Crippen molar-refractivity contribution in [1.82, 2.24) is 18.7 Å². The van der Waals surface area contributed by atoms with E-state index in [1.165, 1.54) is 11.1 Å². The number of nitrogen functional groups attached to an aromatic ring is 1. The average Bonchev–Trinajstić information content (AvgIpc) is 3.58. The van der Waals surface area contributed by atoms with Crippen molar-refractivity contribution in [2.24, 2.45) is 0 Å². The Bertz CT molecular complexity index is 2450. The zero-order valence-electron chi connectivity index (χ0n) is 28.8. The fraction of sp³-hybridized carbons (Fsp3) is 0.175. The summed E-state index contributed by atoms with van der Waals surface area (Å²) in [7, 11) is 3.27. The van der Waals surface area contributed by atoms with Crippen LogP contribution >= 0.6 is 23.2 Å². The molecular weight excluding hydrogens is 683 g/mol. The number of fused-ring (bicyclic) bond motifs is 2. The Morgan fingerprint density at radius 3 is 1.90 bits per heavy atom. The van der Waals surface area contributed by atoms with Gasteiger partial charge in [-0.15, -0.1) is 0 Å². The number of carbonyl (C=O) groups excluding carboxylic acids is 1. The normalized spacial score (nSPS) is 11.0. The molecule has 0 saturated heterocycles. The molecule has 0 amide bonds. The van der Waals surface area contributed by atoms with Crippen molar-refractivity contribution in [1.29, 1.82) is 5.41 Å². The van der Waals surface area contributed by atoms with Crippen LogP contribution in [0.4, 0.5) is 5.95 Å². The molecule has 11 heteroatoms. The molecule has 0 aliphatic heterocycles. The predicted octanol–water partition coefficient (Wildman–Crippen LogP) is 8.46. The van der Waals surface area contributed by atoms with Gasteiger partial charge in [-0.1, -0.05) is 71.7 Å². The zero-order valence-corrected chi connectivity index (χ0v) is 30.3. The maximum Gasteiger partial charge on any atom is 0.203 e. The van der Waals surface area contributed by atoms with E-state index in [0.29, 0.717) is 40.4 Å². The van der Waals surface area contributed by atoms with Crippen LogP contribution in [0.5, 0.6) is 11.5 Å². The van der Waals surface area contributed by atoms with Crippen LogP contribution in [0, 0.1) is 19.3 Å². The van der Waals surface area contributed by atoms with Gasteiger partial charge in [-0.25, -0.2) is 4.98 Å². The van der Waals surface area contributed by atoms with Gasteiger partial charge < -0.3 is 28.9 Å². The van der Waals surface area contributed by atoms with Crippen LogP contribution in [0.25, 0.3) is 22.1 Å². The van der Waals surface area contributed by atoms with E-state index in [1.807, 2.05) is 88.9 Å². The van der Waals surface area contributed by atoms with Gasteiger partial charge in [0.05, 0.1) is 66.0 Å². The van der Waals surface area contributed by atoms with Crippen LogP contribution in [-0.4, -0.2) is 38.7 Å². The van der Waals surface area contributed by atoms with Crippen molar-refractivity contribution in [2.75, 3.05) is 20.0 Å². The number of ether oxygens (including phenoxy) is 2. The van der Waals surface area contributed by atoms with Crippen LogP contribution in [0.2, 0.25) is 10.0 Å². The number of anilines is 1. The summed E-state index contributed by atoms with van der Waals surface area (Å²) < 4.78 is 16.3. The van der Waals surface area contributed by atoms with Crippen LogP contribution in [0.15, 0.2) is 103 Å². The molecule has 9 nitrogen and oxygen atoms in total. The molecule has 0 fully saturated rings. The number of carbonyl (C=O) groups is 1. The minimum atomic E-state index is -0.150. The van der Waals surface area contributed by atoms with Crippen molar-refractivity contribution >= 4 is 57.0 Å². The van der Waals surface area contributed by atoms with E-state index >= 15 is 0 Å². The van der Waals surface area contributed by atoms with E-state index in [4.69, 9.17) is 43.8 Å². The van der Waals surface area contributed by atoms with Gasteiger partial charge in [-0.05, 0) is 78.6 Å². The lowest BCUT2D eigenvalue weighted by Gasteiger charge is -2.09. The SMILES string of the molecule is COc1ccc2c(c1)n(Cc1ccccc1C)c(=N)n2CC(=O)c1ccc(Cl)c(Cl)c1.COc1ccc2nc(N)n(Cc3ccccc3C)c2c1. The molecule has 7 rings (SSSR count). The number of aryl methyl sites for hydroxylation is 2. The van der Waals surface area contributed by atoms with Gasteiger partial charge in [0, 0.05) is 17.7 Å². The number of halogens is 2. The van der Waals surface area contributed by atoms with Crippen LogP contribution < -0.4 is 20.8 Å². The molecule has 7 aromatic rings. The van der Waals surface area contributed by atoms with Crippen LogP contribution in [0.1, 0.15) is 32.6 Å². The minimum absolute atomic E-state index is 0.0143. The smallest absolute Gasteiger partial charge is 0.203 e. The molecule has 0 aliphatic carbocycles. The number of rotatable bonds is 9. The number of hydrogen-bond acceptors (Lipinski definition) is 6. The number of imidazole rings is 2. The Morgan fingerprint density at radius 1 is 0.706 bits per heavy atom. The minimum Gasteiger partial charge on any atom is -0.497 e. The number of hydrogen-bond donors (Lipinski definition) is 2. The first kappa shape index (κ1) is 35.3. The summed E-state index contributed by atoms with van der Waals surface area (Å²) >= 11 is 12.1. The molecule has 3 N–H and O–H groups in total. The molecule has 0 spiro atoms. The lowest BCUT2D eigenvalue weighted by atomic mass is 10.1. The first-order chi connectivity index (χ1) is 24.6. The Labute approximate surface area is 305 Å². The summed E-state index contributed by atoms with van der Waals surface area (Å²) in [5.74, 6) is 1.88. The molecule has 0 atom stereocenters. The number of methoxy groups -OCH3 is 2. The zero-order chi connectivity index (χ0) is 36.2. The molecule has 0 aliphatic rings. The number of ketones is 1. The van der Waals surface area contributed by atoms with Gasteiger partial charge >= 0.3 is 0 Å². The molecule has 0 saturated carbocycles. The second-order valence-corrected chi connectivity index (χ2v) is 13.0. The van der Waals surface area contributed by atoms with Gasteiger partial charge in [0.1, 0.15) is 11.5 Å². The number of benzene rings is 5. The highest BCUT2D eigenvalue weighted by Gasteiger charge is 2.17. The first-order valence-electron chi connectivity index (χ1n) is 16.3. The van der Waals surface area contributed by atoms with Crippen molar-refractivity contribution < 1.29 is 14.3 Å². The summed E-state index contributed by atoms with van der Waals surface area (Å²) in [4.78, 5) is 17.4. The monoisotopic (exact) mass is 720 g/mol. The number of aromatic nitrogens is 4. The lowest BCUT2D eigenvalue weighted by molar-refractivity contribution is 0.0971. The fourth-order valence-corrected chi connectivity index (χ4v) is 6.30. The topological polar surface area (TPSA) is 113 Å². The lowest BCUT2D eigenvalue weighted by Crippen LogP contribution is -2.27. The Morgan fingerprint density at radius 2 is 1.29 bits per heavy atom. The fourth-order valence-electron chi connectivity index (χ4n) is 6.00. The Balaban J connectivity index is 0.000000193. The summed E-state index contributed by atoms with van der Waals surface area (Å²) in [5, 5.41) is 9.57. The molecule has 0 bridgehead atoms. The van der Waals surface area contributed by atoms with Crippen molar-refractivity contribution in [2.45, 2.75) is 33.5 Å². The summed E-state index contributed by atoms with van der Waals surface area (Å²) in [6.07, 6.45) is 0. The second-order valence-electron chi connectivity index (χ2n) is 12.2. The third-order valence-electron chi connectivity index (χ3n) is 8.98. The van der Waals surface area contributed by atoms with Gasteiger partial charge in [0.25, 0.3) is 0 Å². The molecular formula is C40H38Cl2N6O3. The predicted molar refractivity (Wildman–Crippen MR) is 204 cm³/mol. The number of Topliss-reactive ketones (excluding diaryl/α,β-unsaturated/α-hetero) is 1. The summed E-state index contributed by atoms with van der Waals surface area (Å²) in [5.41, 5.74) is 15.0. The third-order valence-corrected chi connectivity index (χ3v) is 9.72. The molecule has 5 aromatic carbocycles. The molecule has 0 radical (unpaired) electrons. The van der Waals surface area contributed by atoms with Crippen molar-refractivity contribution in [3.63, 3.8) is 0 Å². The van der Waals surface area contributed by atoms with E-state index in [0.717, 1.165) is 38.9 Å². The molecule has 2 heterocycles. The number of nitrogens with zero attached hydrogens (tertiary/aromatic N) is 4. The molecule has 260 valence electrons. The summed E-state index contributed by atoms with van der Waals surface area (Å²) in [6, 6.07) is 32.6. The van der Waals surface area contributed by atoms with Crippen LogP contribution in [-0.2, 0) is 19.6 Å². The molecule has 2 aromatic heterocycles. The van der Waals surface area contributed by atoms with Gasteiger partial charge in [-0.3, -0.25) is 10.2 Å². The standard InChI is InChI=1S/C24H21Cl2N3O2.C16H17N3O/c1-15-5-3-4-6-17(15)13-28-22-12-18(31-2)8-10-21(22)29(24(28)27)14-23(30)16-7-9-19(25)20(26)11-16;1-11-5-3-4-6-12(11)10-19-15-9-13(20-2)7-8-14(15)18-16(19)17/h3-12,27H,13-14H2,1-2H3;3-9H,10H2,1-2H3,(H2,17,18). The largest absolute Gasteiger partial charge is 0.497 e. The van der Waals surface area contributed by atoms with Crippen molar-refractivity contribution in [3.8, 4) is 11.5 Å². The highest BCUT2D eigenvalue weighted by Crippen LogP contribution is 2.26. The number of nitrogens with one attached hydrogen (secondary N) is 1. The molecule has 0 unspecified atom stereocenters. The van der Waals surface area contributed by atoms with E-state index in [2.05, 4.69) is 24.0 Å². The molecule has 51 heavy (non-hydrogen) atoms. The first-order valence-corrected chi connectivity index (χ1v) is 17.0. The van der Waals surface area contributed by atoms with Gasteiger partial charge in [-0.2, -0.15) is 0 Å². The quantitative estimate of drug-likeness (QED) is 0.145. The highest BCUT2D eigenvalue weighted by molar-refractivity contribution is 6.42. The maximum absolute atomic E-state index is 13.0. The Kier molecular flexibility index (Phi) is 10.5. The van der Waals surface area contributed by atoms with Gasteiger partial charge in [0.2, 0.25) is 11.6 Å². The second kappa shape index (κ2) is 15.2. The van der Waals surface area contributed by atoms with Crippen molar-refractivity contribution in [3.05, 3.63) is 147 Å². The summed E-state index contributed by atoms with van der Waals surface area (Å²) in [6.45, 7) is 5.39.